The summed E-state index contributed by atoms with van der Waals surface area (Å²) >= 11 is 0. The van der Waals surface area contributed by atoms with Gasteiger partial charge in [-0.25, -0.2) is 0 Å². The van der Waals surface area contributed by atoms with Crippen LogP contribution in [0.25, 0.3) is 44.8 Å². The van der Waals surface area contributed by atoms with Gasteiger partial charge in [0, 0.05) is 32.0 Å². The van der Waals surface area contributed by atoms with E-state index in [2.05, 4.69) is 102 Å². The van der Waals surface area contributed by atoms with E-state index in [9.17, 15) is 13.2 Å². The molecule has 8 aromatic rings. The van der Waals surface area contributed by atoms with Crippen molar-refractivity contribution in [3.05, 3.63) is 157 Å². The van der Waals surface area contributed by atoms with Crippen LogP contribution in [0.15, 0.2) is 115 Å². The number of para-hydroxylation sites is 4. The molecule has 4 aromatic carbocycles. The molecule has 0 N–H and O–H groups in total. The molecule has 1 radical (unpaired) electrons. The Morgan fingerprint density at radius 3 is 1.62 bits per heavy atom. The van der Waals surface area contributed by atoms with E-state index < -0.39 is 11.9 Å². The fraction of sp³-hybridized carbons (Fsp3) is 0.128. The van der Waals surface area contributed by atoms with Gasteiger partial charge in [-0.15, -0.1) is 0 Å². The van der Waals surface area contributed by atoms with Gasteiger partial charge in [0.25, 0.3) is 0 Å². The van der Waals surface area contributed by atoms with Crippen molar-refractivity contribution < 1.29 is 42.4 Å². The van der Waals surface area contributed by atoms with Crippen molar-refractivity contribution in [2.45, 2.75) is 20.0 Å². The minimum Gasteiger partial charge on any atom is -0.573 e. The van der Waals surface area contributed by atoms with Gasteiger partial charge in [-0.2, -0.15) is 72.8 Å². The second kappa shape index (κ2) is 15.4. The molecule has 0 fully saturated rings. The van der Waals surface area contributed by atoms with Gasteiger partial charge >= 0.3 is 6.18 Å². The van der Waals surface area contributed by atoms with Crippen LogP contribution in [0.2, 0.25) is 0 Å². The van der Waals surface area contributed by atoms with Gasteiger partial charge < -0.3 is 28.5 Å². The molecule has 4 aromatic heterocycles. The van der Waals surface area contributed by atoms with Crippen molar-refractivity contribution in [2.75, 3.05) is 0 Å². The number of nitrogens with zero attached hydrogens (tertiary/aromatic N) is 7. The average molecular weight is 847 g/mol. The van der Waals surface area contributed by atoms with E-state index in [1.54, 1.807) is 18.2 Å². The Morgan fingerprint density at radius 1 is 0.680 bits per heavy atom. The summed E-state index contributed by atoms with van der Waals surface area (Å²) in [6.07, 6.45) is 3.62. The molecule has 0 unspecified atom stereocenters. The Hall–Kier alpha value is -5.38. The Labute approximate surface area is 301 Å². The Bertz CT molecular complexity index is 2220. The zero-order valence-electron chi connectivity index (χ0n) is 27.6. The first kappa shape index (κ1) is 35.9. The number of rotatable bonds is 3. The molecule has 0 saturated heterocycles. The third kappa shape index (κ3) is 8.07. The van der Waals surface area contributed by atoms with Crippen molar-refractivity contribution in [3.63, 3.8) is 0 Å². The molecule has 0 spiro atoms. The van der Waals surface area contributed by atoms with Crippen molar-refractivity contribution in [1.82, 2.24) is 24.3 Å². The molecule has 11 heteroatoms. The van der Waals surface area contributed by atoms with Crippen LogP contribution in [-0.4, -0.2) is 19.2 Å². The number of pyridine rings is 1. The summed E-state index contributed by atoms with van der Waals surface area (Å²) < 4.78 is 44.7. The number of aryl methyl sites for hydroxylation is 4. The third-order valence-corrected chi connectivity index (χ3v) is 7.59. The Balaban J connectivity index is 0.000000145. The maximum Gasteiger partial charge on any atom is 0.431 e. The number of hydrogen-bond donors (Lipinski definition) is 0. The smallest absolute Gasteiger partial charge is 0.431 e. The Morgan fingerprint density at radius 2 is 1.18 bits per heavy atom. The third-order valence-electron chi connectivity index (χ3n) is 7.59. The van der Waals surface area contributed by atoms with E-state index in [4.69, 9.17) is 0 Å². The van der Waals surface area contributed by atoms with Gasteiger partial charge in [0.2, 0.25) is 12.7 Å². The van der Waals surface area contributed by atoms with Crippen LogP contribution in [0.4, 0.5) is 13.2 Å². The molecule has 0 amide bonds. The fourth-order valence-corrected chi connectivity index (χ4v) is 5.22. The minimum absolute atomic E-state index is 0. The molecule has 0 aliphatic heterocycles. The van der Waals surface area contributed by atoms with Gasteiger partial charge in [-0.3, -0.25) is 4.98 Å². The van der Waals surface area contributed by atoms with Gasteiger partial charge in [-0.05, 0) is 18.2 Å². The summed E-state index contributed by atoms with van der Waals surface area (Å²) in [4.78, 5) is 3.87. The molecule has 0 atom stereocenters. The van der Waals surface area contributed by atoms with Gasteiger partial charge in [0.05, 0.1) is 36.2 Å². The van der Waals surface area contributed by atoms with E-state index in [1.165, 1.54) is 28.4 Å². The first-order valence-corrected chi connectivity index (χ1v) is 15.3. The molecule has 8 rings (SSSR count). The normalized spacial score (nSPS) is 10.9. The molecular formula is C39H31F3IrN7-3. The second-order valence-electron chi connectivity index (χ2n) is 11.3. The van der Waals surface area contributed by atoms with Crippen LogP contribution in [0.3, 0.4) is 0 Å². The van der Waals surface area contributed by atoms with Gasteiger partial charge in [0.15, 0.2) is 0 Å². The Kier molecular flexibility index (Phi) is 11.1. The molecule has 50 heavy (non-hydrogen) atoms. The first-order chi connectivity index (χ1) is 23.6. The number of hydrogen-bond acceptors (Lipinski definition) is 2. The van der Waals surface area contributed by atoms with Crippen molar-refractivity contribution in [2.24, 2.45) is 14.1 Å². The molecule has 0 aliphatic rings. The number of halogens is 3. The zero-order chi connectivity index (χ0) is 34.5. The number of fused-ring (bicyclic) bond motifs is 2. The predicted octanol–water partition coefficient (Wildman–Crippen LogP) is 6.84. The first-order valence-electron chi connectivity index (χ1n) is 15.3. The average Bonchev–Trinajstić information content (AvgIpc) is 3.83. The fourth-order valence-electron chi connectivity index (χ4n) is 5.22. The summed E-state index contributed by atoms with van der Waals surface area (Å²) in [5.41, 5.74) is 8.66. The summed E-state index contributed by atoms with van der Waals surface area (Å²) in [6.45, 7) is 4.17. The molecular weight excluding hydrogens is 816 g/mol. The van der Waals surface area contributed by atoms with E-state index in [0.717, 1.165) is 28.5 Å². The number of alkyl halides is 3. The molecule has 4 heterocycles. The molecule has 0 aliphatic carbocycles. The van der Waals surface area contributed by atoms with Crippen molar-refractivity contribution in [3.8, 4) is 22.8 Å². The monoisotopic (exact) mass is 847 g/mol. The van der Waals surface area contributed by atoms with Crippen molar-refractivity contribution >= 4 is 22.1 Å². The quantitative estimate of drug-likeness (QED) is 0.145. The van der Waals surface area contributed by atoms with E-state index in [1.807, 2.05) is 68.8 Å². The van der Waals surface area contributed by atoms with Crippen LogP contribution in [0.5, 0.6) is 0 Å². The molecule has 255 valence electrons. The maximum absolute atomic E-state index is 12.2. The van der Waals surface area contributed by atoms with Crippen molar-refractivity contribution in [1.29, 1.82) is 0 Å². The SMILES string of the molecule is Cc1cc[c-]c(-n2[c-][n+](C)c3ccccc32)c1.Cc1cc[c-]c(-n2[c-][n+](C)c3ccccc32)c1.FC(F)(F)c1cc(-c2ccccn2)[n-]n1.[Ir]. The maximum atomic E-state index is 12.2. The molecule has 0 bridgehead atoms. The van der Waals surface area contributed by atoms with Gasteiger partial charge in [-0.1, -0.05) is 85.5 Å². The van der Waals surface area contributed by atoms with E-state index >= 15 is 0 Å². The van der Waals surface area contributed by atoms with Crippen LogP contribution in [0.1, 0.15) is 16.8 Å². The number of benzene rings is 4. The zero-order valence-corrected chi connectivity index (χ0v) is 30.0. The van der Waals surface area contributed by atoms with E-state index in [-0.39, 0.29) is 25.8 Å². The topological polar surface area (TPSA) is 57.5 Å². The predicted molar refractivity (Wildman–Crippen MR) is 180 cm³/mol. The minimum atomic E-state index is -4.46. The largest absolute Gasteiger partial charge is 0.573 e. The number of aromatic nitrogens is 7. The summed E-state index contributed by atoms with van der Waals surface area (Å²) in [7, 11) is 4.02. The van der Waals surface area contributed by atoms with Crippen LogP contribution in [-0.2, 0) is 40.4 Å². The van der Waals surface area contributed by atoms with E-state index in [0.29, 0.717) is 5.69 Å². The van der Waals surface area contributed by atoms with Crippen LogP contribution >= 0.6 is 0 Å². The summed E-state index contributed by atoms with van der Waals surface area (Å²) in [6, 6.07) is 41.1. The second-order valence-corrected chi connectivity index (χ2v) is 11.3. The molecule has 0 saturated carbocycles. The number of imidazole rings is 2. The summed E-state index contributed by atoms with van der Waals surface area (Å²) in [5, 5.41) is 6.47. The molecule has 7 nitrogen and oxygen atoms in total. The standard InChI is InChI=1S/2C15H13N2.C9H5F3N3.Ir/c2*1-12-6-5-7-13(10-12)17-11-16(2)14-8-3-4-9-15(14)17;10-9(11,12)8-5-7(14-15-8)6-3-1-2-4-13-6;/h2*3-6,8-10H,1-2H3;1-5H;/q3*-1;. The van der Waals surface area contributed by atoms with Crippen LogP contribution < -0.4 is 14.2 Å². The van der Waals surface area contributed by atoms with Gasteiger partial charge in [0.1, 0.15) is 5.69 Å². The van der Waals surface area contributed by atoms with Crippen LogP contribution in [0, 0.1) is 38.6 Å². The summed E-state index contributed by atoms with van der Waals surface area (Å²) in [5.74, 6) is 0.